The molecule has 2 aromatic carbocycles. The van der Waals surface area contributed by atoms with Crippen molar-refractivity contribution in [1.82, 2.24) is 10.3 Å². The summed E-state index contributed by atoms with van der Waals surface area (Å²) in [5.74, 6) is -0.761. The van der Waals surface area contributed by atoms with Crippen molar-refractivity contribution in [2.24, 2.45) is 0 Å². The second-order valence-corrected chi connectivity index (χ2v) is 6.21. The number of sulfonamides is 1. The van der Waals surface area contributed by atoms with Gasteiger partial charge >= 0.3 is 0 Å². The Kier molecular flexibility index (Phi) is 3.89. The first kappa shape index (κ1) is 15.3. The number of hydrogen-bond donors (Lipinski definition) is 2. The van der Waals surface area contributed by atoms with Crippen molar-refractivity contribution in [3.05, 3.63) is 53.8 Å². The second kappa shape index (κ2) is 5.86. The average molecular weight is 338 g/mol. The van der Waals surface area contributed by atoms with Gasteiger partial charge in [-0.1, -0.05) is 12.1 Å². The summed E-state index contributed by atoms with van der Waals surface area (Å²) in [6.07, 6.45) is 0. The van der Waals surface area contributed by atoms with Crippen molar-refractivity contribution in [2.75, 3.05) is 6.79 Å². The Balaban J connectivity index is 1.73. The molecule has 0 bridgehead atoms. The monoisotopic (exact) mass is 338 g/mol. The quantitative estimate of drug-likeness (QED) is 0.817. The van der Waals surface area contributed by atoms with Crippen LogP contribution in [0.3, 0.4) is 0 Å². The van der Waals surface area contributed by atoms with E-state index in [1.165, 1.54) is 30.3 Å². The number of amides is 1. The van der Waals surface area contributed by atoms with Gasteiger partial charge in [-0.3, -0.25) is 10.2 Å². The molecule has 3 rings (SSSR count). The van der Waals surface area contributed by atoms with Gasteiger partial charge in [0.25, 0.3) is 15.9 Å². The molecule has 0 unspecified atom stereocenters. The van der Waals surface area contributed by atoms with Crippen LogP contribution in [0.4, 0.5) is 4.39 Å². The molecule has 2 N–H and O–H groups in total. The summed E-state index contributed by atoms with van der Waals surface area (Å²) in [4.78, 5) is 13.3. The summed E-state index contributed by atoms with van der Waals surface area (Å²) in [6.45, 7) is 0.0559. The largest absolute Gasteiger partial charge is 0.454 e. The summed E-state index contributed by atoms with van der Waals surface area (Å²) >= 11 is 0. The van der Waals surface area contributed by atoms with Crippen LogP contribution >= 0.6 is 0 Å². The van der Waals surface area contributed by atoms with Gasteiger partial charge in [0, 0.05) is 5.56 Å². The minimum absolute atomic E-state index is 0.0559. The third kappa shape index (κ3) is 3.10. The van der Waals surface area contributed by atoms with E-state index in [0.717, 1.165) is 12.1 Å². The van der Waals surface area contributed by atoms with E-state index < -0.39 is 26.6 Å². The van der Waals surface area contributed by atoms with Gasteiger partial charge in [-0.05, 0) is 30.3 Å². The maximum absolute atomic E-state index is 13.5. The van der Waals surface area contributed by atoms with E-state index in [9.17, 15) is 17.6 Å². The first-order valence-corrected chi connectivity index (χ1v) is 7.92. The molecule has 0 saturated carbocycles. The number of fused-ring (bicyclic) bond motifs is 1. The second-order valence-electron chi connectivity index (χ2n) is 4.56. The molecule has 1 heterocycles. The van der Waals surface area contributed by atoms with Gasteiger partial charge in [-0.25, -0.2) is 12.8 Å². The van der Waals surface area contributed by atoms with Gasteiger partial charge in [0.1, 0.15) is 10.7 Å². The highest BCUT2D eigenvalue weighted by Gasteiger charge is 2.21. The maximum atomic E-state index is 13.5. The van der Waals surface area contributed by atoms with E-state index in [1.807, 2.05) is 10.3 Å². The van der Waals surface area contributed by atoms with Crippen LogP contribution in [0, 0.1) is 5.82 Å². The van der Waals surface area contributed by atoms with Gasteiger partial charge in [-0.15, -0.1) is 4.83 Å². The Hall–Kier alpha value is -2.65. The fraction of sp³-hybridized carbons (Fsp3) is 0.0714. The Morgan fingerprint density at radius 3 is 2.61 bits per heavy atom. The molecule has 23 heavy (non-hydrogen) atoms. The summed E-state index contributed by atoms with van der Waals surface area (Å²) in [5, 5.41) is 0. The number of carbonyl (C=O) groups is 1. The van der Waals surface area contributed by atoms with Gasteiger partial charge < -0.3 is 9.47 Å². The number of nitrogens with one attached hydrogen (secondary N) is 2. The molecule has 2 aromatic rings. The lowest BCUT2D eigenvalue weighted by Crippen LogP contribution is -2.41. The minimum atomic E-state index is -4.22. The Bertz CT molecular complexity index is 869. The third-order valence-corrected chi connectivity index (χ3v) is 4.34. The SMILES string of the molecule is O=C(NNS(=O)(=O)c1ccccc1F)c1ccc2c(c1)OCO2. The van der Waals surface area contributed by atoms with Crippen molar-refractivity contribution in [3.63, 3.8) is 0 Å². The number of carbonyl (C=O) groups excluding carboxylic acids is 1. The van der Waals surface area contributed by atoms with Gasteiger partial charge in [0.05, 0.1) is 0 Å². The molecule has 1 aliphatic rings. The third-order valence-electron chi connectivity index (χ3n) is 3.06. The smallest absolute Gasteiger partial charge is 0.266 e. The van der Waals surface area contributed by atoms with E-state index in [-0.39, 0.29) is 12.4 Å². The van der Waals surface area contributed by atoms with Crippen molar-refractivity contribution in [2.45, 2.75) is 4.90 Å². The highest BCUT2D eigenvalue weighted by atomic mass is 32.2. The molecule has 0 radical (unpaired) electrons. The predicted octanol–water partition coefficient (Wildman–Crippen LogP) is 1.18. The fourth-order valence-electron chi connectivity index (χ4n) is 1.94. The number of halogens is 1. The van der Waals surface area contributed by atoms with Gasteiger partial charge in [0.2, 0.25) is 6.79 Å². The van der Waals surface area contributed by atoms with Gasteiger partial charge in [-0.2, -0.15) is 0 Å². The van der Waals surface area contributed by atoms with E-state index >= 15 is 0 Å². The molecular weight excluding hydrogens is 327 g/mol. The number of rotatable bonds is 4. The van der Waals surface area contributed by atoms with Crippen LogP contribution in [-0.2, 0) is 10.0 Å². The van der Waals surface area contributed by atoms with Crippen LogP contribution in [0.15, 0.2) is 47.4 Å². The average Bonchev–Trinajstić information content (AvgIpc) is 3.00. The highest BCUT2D eigenvalue weighted by Crippen LogP contribution is 2.32. The minimum Gasteiger partial charge on any atom is -0.454 e. The zero-order valence-electron chi connectivity index (χ0n) is 11.6. The van der Waals surface area contributed by atoms with Crippen LogP contribution in [0.2, 0.25) is 0 Å². The topological polar surface area (TPSA) is 93.7 Å². The number of hydrazine groups is 1. The van der Waals surface area contributed by atoms with Crippen molar-refractivity contribution in [1.29, 1.82) is 0 Å². The molecular formula is C14H11FN2O5S. The molecule has 0 spiro atoms. The Morgan fingerprint density at radius 1 is 1.09 bits per heavy atom. The van der Waals surface area contributed by atoms with Crippen LogP contribution in [0.5, 0.6) is 11.5 Å². The predicted molar refractivity (Wildman–Crippen MR) is 76.8 cm³/mol. The molecule has 0 fully saturated rings. The van der Waals surface area contributed by atoms with Crippen molar-refractivity contribution < 1.29 is 27.1 Å². The van der Waals surface area contributed by atoms with Crippen LogP contribution in [0.1, 0.15) is 10.4 Å². The van der Waals surface area contributed by atoms with E-state index in [0.29, 0.717) is 11.5 Å². The Morgan fingerprint density at radius 2 is 1.83 bits per heavy atom. The lowest BCUT2D eigenvalue weighted by molar-refractivity contribution is 0.0944. The van der Waals surface area contributed by atoms with Crippen molar-refractivity contribution in [3.8, 4) is 11.5 Å². The molecule has 120 valence electrons. The molecule has 0 aromatic heterocycles. The molecule has 7 nitrogen and oxygen atoms in total. The van der Waals surface area contributed by atoms with E-state index in [2.05, 4.69) is 0 Å². The van der Waals surface area contributed by atoms with Crippen LogP contribution < -0.4 is 19.7 Å². The summed E-state index contributed by atoms with van der Waals surface area (Å²) < 4.78 is 47.7. The molecule has 0 saturated heterocycles. The lowest BCUT2D eigenvalue weighted by Gasteiger charge is -2.09. The zero-order chi connectivity index (χ0) is 16.4. The molecule has 1 amide bonds. The van der Waals surface area contributed by atoms with Crippen LogP contribution in [0.25, 0.3) is 0 Å². The maximum Gasteiger partial charge on any atom is 0.266 e. The summed E-state index contributed by atoms with van der Waals surface area (Å²) in [5.41, 5.74) is 2.17. The fourth-order valence-corrected chi connectivity index (χ4v) is 2.86. The van der Waals surface area contributed by atoms with Crippen molar-refractivity contribution >= 4 is 15.9 Å². The molecule has 1 aliphatic heterocycles. The van der Waals surface area contributed by atoms with Crippen LogP contribution in [-0.4, -0.2) is 21.1 Å². The molecule has 0 aliphatic carbocycles. The number of ether oxygens (including phenoxy) is 2. The first-order chi connectivity index (χ1) is 11.0. The number of hydrogen-bond acceptors (Lipinski definition) is 5. The normalized spacial score (nSPS) is 12.9. The molecule has 9 heteroatoms. The van der Waals surface area contributed by atoms with E-state index in [4.69, 9.17) is 9.47 Å². The number of benzene rings is 2. The highest BCUT2D eigenvalue weighted by molar-refractivity contribution is 7.89. The molecule has 0 atom stereocenters. The first-order valence-electron chi connectivity index (χ1n) is 6.44. The Labute approximate surface area is 131 Å². The standard InChI is InChI=1S/C14H11FN2O5S/c15-10-3-1-2-4-13(10)23(19,20)17-16-14(18)9-5-6-11-12(7-9)22-8-21-11/h1-7,17H,8H2,(H,16,18). The summed E-state index contributed by atoms with van der Waals surface area (Å²) in [6, 6.07) is 9.22. The van der Waals surface area contributed by atoms with E-state index in [1.54, 1.807) is 0 Å². The zero-order valence-corrected chi connectivity index (χ0v) is 12.4. The lowest BCUT2D eigenvalue weighted by atomic mass is 10.2. The summed E-state index contributed by atoms with van der Waals surface area (Å²) in [7, 11) is -4.22. The van der Waals surface area contributed by atoms with Gasteiger partial charge in [0.15, 0.2) is 11.5 Å².